The van der Waals surface area contributed by atoms with E-state index in [2.05, 4.69) is 5.32 Å². The van der Waals surface area contributed by atoms with Gasteiger partial charge in [-0.3, -0.25) is 4.79 Å². The van der Waals surface area contributed by atoms with E-state index in [4.69, 9.17) is 11.6 Å². The van der Waals surface area contributed by atoms with Crippen LogP contribution < -0.4 is 5.32 Å². The highest BCUT2D eigenvalue weighted by Crippen LogP contribution is 2.25. The van der Waals surface area contributed by atoms with Gasteiger partial charge >= 0.3 is 0 Å². The molecule has 2 nitrogen and oxygen atoms in total. The van der Waals surface area contributed by atoms with Gasteiger partial charge in [-0.1, -0.05) is 12.8 Å². The fraction of sp³-hybridized carbons (Fsp3) is 0.500. The zero-order valence-corrected chi connectivity index (χ0v) is 11.2. The van der Waals surface area contributed by atoms with Crippen LogP contribution in [0, 0.1) is 17.6 Å². The molecule has 0 saturated heterocycles. The third kappa shape index (κ3) is 3.44. The molecule has 1 aliphatic carbocycles. The number of carbonyl (C=O) groups is 1. The Morgan fingerprint density at radius 1 is 1.26 bits per heavy atom. The van der Waals surface area contributed by atoms with Gasteiger partial charge in [0.15, 0.2) is 11.6 Å². The fourth-order valence-electron chi connectivity index (χ4n) is 2.47. The number of amides is 1. The van der Waals surface area contributed by atoms with E-state index in [1.165, 1.54) is 6.07 Å². The molecule has 2 unspecified atom stereocenters. The Balaban J connectivity index is 2.05. The zero-order chi connectivity index (χ0) is 13.8. The normalized spacial score (nSPS) is 23.1. The van der Waals surface area contributed by atoms with E-state index in [1.54, 1.807) is 0 Å². The van der Waals surface area contributed by atoms with Crippen molar-refractivity contribution in [2.45, 2.75) is 31.7 Å². The average Bonchev–Trinajstić information content (AvgIpc) is 2.42. The van der Waals surface area contributed by atoms with Crippen molar-refractivity contribution in [1.82, 2.24) is 5.32 Å². The van der Waals surface area contributed by atoms with Crippen LogP contribution >= 0.6 is 11.6 Å². The summed E-state index contributed by atoms with van der Waals surface area (Å²) in [7, 11) is 0. The molecule has 1 aliphatic rings. The molecule has 1 aromatic carbocycles. The molecule has 2 rings (SSSR count). The van der Waals surface area contributed by atoms with Crippen LogP contribution in [0.3, 0.4) is 0 Å². The van der Waals surface area contributed by atoms with Gasteiger partial charge in [-0.05, 0) is 37.0 Å². The van der Waals surface area contributed by atoms with Crippen molar-refractivity contribution in [3.8, 4) is 0 Å². The number of carbonyl (C=O) groups excluding carboxylic acids is 1. The molecule has 0 radical (unpaired) electrons. The largest absolute Gasteiger partial charge is 0.349 e. The molecule has 1 amide bonds. The number of nitrogens with one attached hydrogen (secondary N) is 1. The smallest absolute Gasteiger partial charge is 0.251 e. The number of rotatable bonds is 3. The summed E-state index contributed by atoms with van der Waals surface area (Å²) >= 11 is 5.89. The minimum atomic E-state index is -1.01. The standard InChI is InChI=1S/C14H16ClF2NO/c15-8-10-3-1-2-4-13(10)18-14(19)9-5-6-11(16)12(17)7-9/h5-7,10,13H,1-4,8H2,(H,18,19). The monoisotopic (exact) mass is 287 g/mol. The Morgan fingerprint density at radius 2 is 2.00 bits per heavy atom. The van der Waals surface area contributed by atoms with Crippen molar-refractivity contribution >= 4 is 17.5 Å². The van der Waals surface area contributed by atoms with E-state index in [9.17, 15) is 13.6 Å². The lowest BCUT2D eigenvalue weighted by Gasteiger charge is -2.30. The molecule has 1 N–H and O–H groups in total. The van der Waals surface area contributed by atoms with E-state index < -0.39 is 11.6 Å². The van der Waals surface area contributed by atoms with Gasteiger partial charge in [0, 0.05) is 17.5 Å². The SMILES string of the molecule is O=C(NC1CCCCC1CCl)c1ccc(F)c(F)c1. The highest BCUT2D eigenvalue weighted by molar-refractivity contribution is 6.18. The van der Waals surface area contributed by atoms with Crippen molar-refractivity contribution in [2.75, 3.05) is 5.88 Å². The summed E-state index contributed by atoms with van der Waals surface area (Å²) in [6.45, 7) is 0. The van der Waals surface area contributed by atoms with Crippen molar-refractivity contribution in [3.05, 3.63) is 35.4 Å². The first-order valence-corrected chi connectivity index (χ1v) is 6.97. The maximum Gasteiger partial charge on any atom is 0.251 e. The summed E-state index contributed by atoms with van der Waals surface area (Å²) in [5, 5.41) is 2.87. The Bertz CT molecular complexity index is 467. The number of hydrogen-bond acceptors (Lipinski definition) is 1. The summed E-state index contributed by atoms with van der Waals surface area (Å²) in [6.07, 6.45) is 4.05. The van der Waals surface area contributed by atoms with Gasteiger partial charge in [-0.15, -0.1) is 11.6 Å². The van der Waals surface area contributed by atoms with Crippen LogP contribution in [-0.2, 0) is 0 Å². The van der Waals surface area contributed by atoms with Crippen molar-refractivity contribution in [2.24, 2.45) is 5.92 Å². The molecule has 104 valence electrons. The molecule has 1 saturated carbocycles. The van der Waals surface area contributed by atoms with Crippen LogP contribution in [0.2, 0.25) is 0 Å². The molecule has 0 aliphatic heterocycles. The molecule has 2 atom stereocenters. The molecule has 0 bridgehead atoms. The van der Waals surface area contributed by atoms with Gasteiger partial charge in [0.25, 0.3) is 5.91 Å². The topological polar surface area (TPSA) is 29.1 Å². The maximum absolute atomic E-state index is 13.1. The Hall–Kier alpha value is -1.16. The average molecular weight is 288 g/mol. The van der Waals surface area contributed by atoms with Crippen LogP contribution in [0.25, 0.3) is 0 Å². The fourth-order valence-corrected chi connectivity index (χ4v) is 2.84. The molecule has 1 fully saturated rings. The predicted molar refractivity (Wildman–Crippen MR) is 70.3 cm³/mol. The first-order valence-electron chi connectivity index (χ1n) is 6.43. The summed E-state index contributed by atoms with van der Waals surface area (Å²) < 4.78 is 25.9. The Morgan fingerprint density at radius 3 is 2.68 bits per heavy atom. The molecular weight excluding hydrogens is 272 g/mol. The van der Waals surface area contributed by atoms with Crippen LogP contribution in [0.1, 0.15) is 36.0 Å². The maximum atomic E-state index is 13.1. The van der Waals surface area contributed by atoms with Crippen molar-refractivity contribution in [1.29, 1.82) is 0 Å². The zero-order valence-electron chi connectivity index (χ0n) is 10.5. The van der Waals surface area contributed by atoms with Crippen LogP contribution in [0.15, 0.2) is 18.2 Å². The minimum absolute atomic E-state index is 0.0202. The molecule has 0 spiro atoms. The summed E-state index contributed by atoms with van der Waals surface area (Å²) in [4.78, 5) is 12.0. The van der Waals surface area contributed by atoms with Gasteiger partial charge in [-0.25, -0.2) is 8.78 Å². The van der Waals surface area contributed by atoms with Gasteiger partial charge in [-0.2, -0.15) is 0 Å². The molecular formula is C14H16ClF2NO. The van der Waals surface area contributed by atoms with Gasteiger partial charge in [0.1, 0.15) is 0 Å². The van der Waals surface area contributed by atoms with E-state index in [1.807, 2.05) is 0 Å². The molecule has 5 heteroatoms. The number of halogens is 3. The second-order valence-corrected chi connectivity index (χ2v) is 5.22. The number of benzene rings is 1. The second kappa shape index (κ2) is 6.33. The van der Waals surface area contributed by atoms with E-state index in [-0.39, 0.29) is 23.4 Å². The highest BCUT2D eigenvalue weighted by Gasteiger charge is 2.26. The highest BCUT2D eigenvalue weighted by atomic mass is 35.5. The summed E-state index contributed by atoms with van der Waals surface area (Å²) in [5.74, 6) is -1.58. The Labute approximate surface area is 116 Å². The van der Waals surface area contributed by atoms with E-state index in [0.717, 1.165) is 37.8 Å². The predicted octanol–water partition coefficient (Wildman–Crippen LogP) is 3.49. The quantitative estimate of drug-likeness (QED) is 0.847. The Kier molecular flexibility index (Phi) is 4.75. The lowest BCUT2D eigenvalue weighted by Crippen LogP contribution is -2.42. The van der Waals surface area contributed by atoms with E-state index >= 15 is 0 Å². The minimum Gasteiger partial charge on any atom is -0.349 e. The second-order valence-electron chi connectivity index (χ2n) is 4.91. The van der Waals surface area contributed by atoms with E-state index in [0.29, 0.717) is 5.88 Å². The van der Waals surface area contributed by atoms with Crippen molar-refractivity contribution < 1.29 is 13.6 Å². The first-order chi connectivity index (χ1) is 9.11. The van der Waals surface area contributed by atoms with Crippen LogP contribution in [-0.4, -0.2) is 17.8 Å². The molecule has 19 heavy (non-hydrogen) atoms. The first kappa shape index (κ1) is 14.3. The number of hydrogen-bond donors (Lipinski definition) is 1. The summed E-state index contributed by atoms with van der Waals surface area (Å²) in [6, 6.07) is 3.19. The molecule has 1 aromatic rings. The van der Waals surface area contributed by atoms with Crippen molar-refractivity contribution in [3.63, 3.8) is 0 Å². The van der Waals surface area contributed by atoms with Crippen LogP contribution in [0.4, 0.5) is 8.78 Å². The molecule has 0 aromatic heterocycles. The van der Waals surface area contributed by atoms with Gasteiger partial charge in [0.05, 0.1) is 0 Å². The third-order valence-electron chi connectivity index (χ3n) is 3.61. The third-order valence-corrected chi connectivity index (χ3v) is 4.00. The lowest BCUT2D eigenvalue weighted by molar-refractivity contribution is 0.0910. The lowest BCUT2D eigenvalue weighted by atomic mass is 9.85. The molecule has 0 heterocycles. The summed E-state index contributed by atoms with van der Waals surface area (Å²) in [5.41, 5.74) is 0.137. The number of alkyl halides is 1. The van der Waals surface area contributed by atoms with Gasteiger partial charge in [0.2, 0.25) is 0 Å². The van der Waals surface area contributed by atoms with Crippen LogP contribution in [0.5, 0.6) is 0 Å². The van der Waals surface area contributed by atoms with Gasteiger partial charge < -0.3 is 5.32 Å².